The molecule has 0 rings (SSSR count). The summed E-state index contributed by atoms with van der Waals surface area (Å²) in [4.78, 5) is 0. The first-order valence-electron chi connectivity index (χ1n) is 0.667. The van der Waals surface area contributed by atoms with Crippen LogP contribution in [0, 0.1) is 0 Å². The molecular weight excluding hydrogens is 230 g/mol. The van der Waals surface area contributed by atoms with Crippen LogP contribution in [0.25, 0.3) is 0 Å². The number of hydrogen-bond donors (Lipinski definition) is 1. The Morgan fingerprint density at radius 3 is 0.692 bits per heavy atom. The summed E-state index contributed by atoms with van der Waals surface area (Å²) in [6.45, 7) is 0. The number of rotatable bonds is 0. The van der Waals surface area contributed by atoms with Crippen molar-refractivity contribution < 1.29 is 50.4 Å². The van der Waals surface area contributed by atoms with Gasteiger partial charge in [-0.05, 0) is 0 Å². The standard InChI is InChI=1S/Mg.H3N.H2O4S.6H2O/c;;1-5(2,3)4;;;;;;/h;1H3;(H2,1,2,3,4);6*1H2/q+2;;;;;;;;/p-1. The zero-order valence-electron chi connectivity index (χ0n) is 6.75. The van der Waals surface area contributed by atoms with Crippen LogP contribution in [0.3, 0.4) is 0 Å². The third kappa shape index (κ3) is 10400. The summed E-state index contributed by atoms with van der Waals surface area (Å²) in [6.07, 6.45) is 0. The van der Waals surface area contributed by atoms with Gasteiger partial charge in [0.25, 0.3) is 0 Å². The minimum atomic E-state index is -5.17. The van der Waals surface area contributed by atoms with Gasteiger partial charge in [-0.2, -0.15) is 0 Å². The molecule has 0 saturated heterocycles. The van der Waals surface area contributed by atoms with Crippen molar-refractivity contribution in [1.29, 1.82) is 0 Å². The molecule has 0 amide bonds. The van der Waals surface area contributed by atoms with E-state index in [1.54, 1.807) is 0 Å². The summed E-state index contributed by atoms with van der Waals surface area (Å²) in [6, 6.07) is 0. The molecule has 0 aromatic carbocycles. The van der Waals surface area contributed by atoms with Crippen LogP contribution in [0.4, 0.5) is 0 Å². The second-order valence-corrected chi connectivity index (χ2v) is 1.22. The van der Waals surface area contributed by atoms with Gasteiger partial charge in [-0.15, -0.1) is 0 Å². The summed E-state index contributed by atoms with van der Waals surface area (Å²) in [5, 5.41) is 0. The molecule has 0 spiro atoms. The van der Waals surface area contributed by atoms with Gasteiger partial charge in [0.05, 0.1) is 0 Å². The minimum absolute atomic E-state index is 0. The van der Waals surface area contributed by atoms with E-state index in [4.69, 9.17) is 17.5 Å². The summed E-state index contributed by atoms with van der Waals surface area (Å²) >= 11 is 0. The maximum atomic E-state index is 8.52. The van der Waals surface area contributed by atoms with E-state index in [0.717, 1.165) is 0 Å². The average molecular weight is 246 g/mol. The van der Waals surface area contributed by atoms with Gasteiger partial charge >= 0.3 is 23.1 Å². The van der Waals surface area contributed by atoms with Crippen molar-refractivity contribution in [3.05, 3.63) is 0 Å². The maximum Gasteiger partial charge on any atom is 2.00 e. The van der Waals surface area contributed by atoms with Gasteiger partial charge in [-0.3, -0.25) is 8.42 Å². The van der Waals surface area contributed by atoms with E-state index in [2.05, 4.69) is 0 Å². The molecule has 16 N–H and O–H groups in total. The van der Waals surface area contributed by atoms with Crippen molar-refractivity contribution in [3.63, 3.8) is 0 Å². The molecule has 0 aliphatic heterocycles. The van der Waals surface area contributed by atoms with Crippen LogP contribution in [-0.4, -0.2) is 73.4 Å². The first-order valence-corrected chi connectivity index (χ1v) is 2.00. The Kier molecular flexibility index (Phi) is 326. The molecule has 0 aromatic rings. The first-order chi connectivity index (χ1) is 2.00. The van der Waals surface area contributed by atoms with Crippen molar-refractivity contribution in [2.45, 2.75) is 0 Å². The van der Waals surface area contributed by atoms with Crippen molar-refractivity contribution in [2.75, 3.05) is 0 Å². The van der Waals surface area contributed by atoms with Gasteiger partial charge in [0.1, 0.15) is 0 Å². The molecule has 0 fully saturated rings. The van der Waals surface area contributed by atoms with E-state index in [1.807, 2.05) is 0 Å². The smallest absolute Gasteiger partial charge is 0.759 e. The molecule has 0 saturated carbocycles. The maximum absolute atomic E-state index is 8.52. The number of quaternary nitrogens is 1. The van der Waals surface area contributed by atoms with Gasteiger partial charge in [0.2, 0.25) is 0 Å². The van der Waals surface area contributed by atoms with E-state index >= 15 is 0 Å². The zero-order chi connectivity index (χ0) is 4.50. The third-order valence-electron chi connectivity index (χ3n) is 0. The van der Waals surface area contributed by atoms with E-state index in [9.17, 15) is 0 Å². The SMILES string of the molecule is O.O.O.O.O.O.O=S(=O)([O-])[O-].[Mg+2].[NH4+]. The Morgan fingerprint density at radius 1 is 0.692 bits per heavy atom. The first kappa shape index (κ1) is 107. The average Bonchev–Trinajstić information content (AvgIpc) is 0.722. The Morgan fingerprint density at radius 2 is 0.692 bits per heavy atom. The Hall–Kier alpha value is 0.356. The molecule has 0 unspecified atom stereocenters. The fraction of sp³-hybridized carbons (Fsp3) is 0. The Balaban J connectivity index is -0.00000000286. The molecule has 13 heteroatoms. The van der Waals surface area contributed by atoms with Crippen LogP contribution in [-0.2, 0) is 10.4 Å². The molecule has 0 bridgehead atoms. The quantitative estimate of drug-likeness (QED) is 0.247. The third-order valence-corrected chi connectivity index (χ3v) is 0. The summed E-state index contributed by atoms with van der Waals surface area (Å²) < 4.78 is 34.1. The van der Waals surface area contributed by atoms with Gasteiger partial charge < -0.3 is 48.1 Å². The van der Waals surface area contributed by atoms with E-state index < -0.39 is 10.4 Å². The largest absolute Gasteiger partial charge is 2.00 e. The molecule has 0 aliphatic carbocycles. The molecule has 88 valence electrons. The summed E-state index contributed by atoms with van der Waals surface area (Å²) in [5.41, 5.74) is 0. The Bertz CT molecular complexity index is 98.1. The van der Waals surface area contributed by atoms with Crippen LogP contribution >= 0.6 is 0 Å². The molecule has 0 aromatic heterocycles. The van der Waals surface area contributed by atoms with E-state index in [0.29, 0.717) is 0 Å². The second kappa shape index (κ2) is 39.4. The van der Waals surface area contributed by atoms with Gasteiger partial charge in [0.15, 0.2) is 0 Å². The predicted molar refractivity (Wildman–Crippen MR) is 43.9 cm³/mol. The van der Waals surface area contributed by atoms with Crippen LogP contribution in [0.2, 0.25) is 0 Å². The molecular formula is H16MgNO10S+. The normalized spacial score (nSPS) is 4.46. The fourth-order valence-electron chi connectivity index (χ4n) is 0. The van der Waals surface area contributed by atoms with Crippen LogP contribution in [0.5, 0.6) is 0 Å². The minimum Gasteiger partial charge on any atom is -0.759 e. The summed E-state index contributed by atoms with van der Waals surface area (Å²) in [5.74, 6) is 0. The zero-order valence-corrected chi connectivity index (χ0v) is 8.98. The summed E-state index contributed by atoms with van der Waals surface area (Å²) in [7, 11) is -5.17. The van der Waals surface area contributed by atoms with Crippen LogP contribution in [0.15, 0.2) is 0 Å². The molecule has 0 radical (unpaired) electrons. The molecule has 0 aliphatic rings. The van der Waals surface area contributed by atoms with Crippen molar-refractivity contribution >= 4 is 33.5 Å². The molecule has 11 nitrogen and oxygen atoms in total. The molecule has 0 heterocycles. The number of hydrogen-bond acceptors (Lipinski definition) is 4. The van der Waals surface area contributed by atoms with Gasteiger partial charge in [-0.25, -0.2) is 0 Å². The van der Waals surface area contributed by atoms with Gasteiger partial charge in [-0.1, -0.05) is 0 Å². The molecule has 0 atom stereocenters. The fourth-order valence-corrected chi connectivity index (χ4v) is 0. The van der Waals surface area contributed by atoms with Crippen LogP contribution < -0.4 is 6.15 Å². The van der Waals surface area contributed by atoms with E-state index in [-0.39, 0.29) is 62.1 Å². The van der Waals surface area contributed by atoms with Crippen molar-refractivity contribution in [3.8, 4) is 0 Å². The Labute approximate surface area is 90.3 Å². The van der Waals surface area contributed by atoms with E-state index in [1.165, 1.54) is 0 Å². The monoisotopic (exact) mass is 246 g/mol. The molecule has 13 heavy (non-hydrogen) atoms. The second-order valence-electron chi connectivity index (χ2n) is 0.408. The van der Waals surface area contributed by atoms with Crippen molar-refractivity contribution in [1.82, 2.24) is 6.15 Å². The topological polar surface area (TPSA) is 306 Å². The van der Waals surface area contributed by atoms with Crippen LogP contribution in [0.1, 0.15) is 0 Å². The predicted octanol–water partition coefficient (Wildman–Crippen LogP) is -6.29. The van der Waals surface area contributed by atoms with Gasteiger partial charge in [0, 0.05) is 10.4 Å². The van der Waals surface area contributed by atoms with Crippen molar-refractivity contribution in [2.24, 2.45) is 0 Å².